The van der Waals surface area contributed by atoms with Gasteiger partial charge in [-0.05, 0) is 46.5 Å². The molecule has 2 saturated heterocycles. The highest BCUT2D eigenvalue weighted by atomic mass is 79.9. The average molecular weight is 290 g/mol. The number of carbonyl (C=O) groups is 1. The molecule has 3 nitrogen and oxygen atoms in total. The van der Waals surface area contributed by atoms with Crippen molar-refractivity contribution in [3.05, 3.63) is 0 Å². The zero-order chi connectivity index (χ0) is 12.0. The highest BCUT2D eigenvalue weighted by Crippen LogP contribution is 2.47. The first-order chi connectivity index (χ1) is 7.38. The van der Waals surface area contributed by atoms with Crippen molar-refractivity contribution in [2.24, 2.45) is 0 Å². The maximum Gasteiger partial charge on any atom is 0.411 e. The molecule has 2 fully saturated rings. The predicted molar refractivity (Wildman–Crippen MR) is 66.9 cm³/mol. The van der Waals surface area contributed by atoms with E-state index in [1.807, 2.05) is 25.7 Å². The van der Waals surface area contributed by atoms with Gasteiger partial charge in [0.15, 0.2) is 0 Å². The van der Waals surface area contributed by atoms with Crippen LogP contribution in [0.3, 0.4) is 0 Å². The topological polar surface area (TPSA) is 29.5 Å². The van der Waals surface area contributed by atoms with Crippen LogP contribution < -0.4 is 0 Å². The number of ether oxygens (including phenoxy) is 1. The molecule has 4 heteroatoms. The summed E-state index contributed by atoms with van der Waals surface area (Å²) in [7, 11) is 0. The van der Waals surface area contributed by atoms with Crippen molar-refractivity contribution in [2.45, 2.75) is 63.6 Å². The van der Waals surface area contributed by atoms with Gasteiger partial charge >= 0.3 is 6.09 Å². The molecule has 2 aliphatic heterocycles. The quantitative estimate of drug-likeness (QED) is 0.693. The zero-order valence-corrected chi connectivity index (χ0v) is 11.8. The minimum absolute atomic E-state index is 0.0347. The van der Waals surface area contributed by atoms with Crippen molar-refractivity contribution in [3.8, 4) is 0 Å². The van der Waals surface area contributed by atoms with Crippen molar-refractivity contribution in [1.29, 1.82) is 0 Å². The van der Waals surface area contributed by atoms with E-state index in [9.17, 15) is 4.79 Å². The fourth-order valence-electron chi connectivity index (χ4n) is 2.88. The van der Waals surface area contributed by atoms with Crippen molar-refractivity contribution < 1.29 is 9.53 Å². The summed E-state index contributed by atoms with van der Waals surface area (Å²) >= 11 is 3.56. The Balaban J connectivity index is 2.12. The van der Waals surface area contributed by atoms with Crippen molar-refractivity contribution in [2.75, 3.05) is 5.33 Å². The van der Waals surface area contributed by atoms with Crippen LogP contribution in [0.1, 0.15) is 46.5 Å². The molecule has 92 valence electrons. The number of hydrogen-bond donors (Lipinski definition) is 0. The monoisotopic (exact) mass is 289 g/mol. The van der Waals surface area contributed by atoms with E-state index in [1.54, 1.807) is 0 Å². The normalized spacial score (nSPS) is 33.2. The van der Waals surface area contributed by atoms with Gasteiger partial charge in [0.2, 0.25) is 0 Å². The van der Waals surface area contributed by atoms with E-state index < -0.39 is 5.60 Å². The number of hydrogen-bond acceptors (Lipinski definition) is 2. The molecular formula is C12H20BrNO2. The van der Waals surface area contributed by atoms with Crippen LogP contribution in [-0.4, -0.2) is 33.5 Å². The molecule has 0 radical (unpaired) electrons. The Labute approximate surface area is 106 Å². The van der Waals surface area contributed by atoms with E-state index in [2.05, 4.69) is 15.9 Å². The third-order valence-electron chi connectivity index (χ3n) is 3.60. The summed E-state index contributed by atoms with van der Waals surface area (Å²) in [5, 5.41) is 0.871. The fraction of sp³-hybridized carbons (Fsp3) is 0.917. The molecule has 16 heavy (non-hydrogen) atoms. The summed E-state index contributed by atoms with van der Waals surface area (Å²) in [6.07, 6.45) is 4.35. The zero-order valence-electron chi connectivity index (χ0n) is 10.3. The molecule has 0 aromatic rings. The Hall–Kier alpha value is -0.250. The van der Waals surface area contributed by atoms with Crippen molar-refractivity contribution >= 4 is 22.0 Å². The van der Waals surface area contributed by atoms with Gasteiger partial charge in [-0.2, -0.15) is 0 Å². The number of halogens is 1. The highest BCUT2D eigenvalue weighted by molar-refractivity contribution is 9.09. The lowest BCUT2D eigenvalue weighted by molar-refractivity contribution is 0.0127. The molecule has 0 aliphatic carbocycles. The lowest BCUT2D eigenvalue weighted by Crippen LogP contribution is -2.48. The van der Waals surface area contributed by atoms with E-state index in [4.69, 9.17) is 4.74 Å². The first kappa shape index (κ1) is 12.2. The van der Waals surface area contributed by atoms with Crippen molar-refractivity contribution in [3.63, 3.8) is 0 Å². The summed E-state index contributed by atoms with van der Waals surface area (Å²) in [4.78, 5) is 14.2. The Morgan fingerprint density at radius 1 is 1.44 bits per heavy atom. The minimum Gasteiger partial charge on any atom is -0.444 e. The van der Waals surface area contributed by atoms with Crippen molar-refractivity contribution in [1.82, 2.24) is 4.90 Å². The summed E-state index contributed by atoms with van der Waals surface area (Å²) < 4.78 is 5.50. The number of amides is 1. The lowest BCUT2D eigenvalue weighted by Gasteiger charge is -2.34. The van der Waals surface area contributed by atoms with Crippen LogP contribution in [0.15, 0.2) is 0 Å². The number of nitrogens with zero attached hydrogens (tertiary/aromatic N) is 1. The lowest BCUT2D eigenvalue weighted by atomic mass is 9.90. The molecule has 0 saturated carbocycles. The van der Waals surface area contributed by atoms with Gasteiger partial charge < -0.3 is 4.74 Å². The van der Waals surface area contributed by atoms with E-state index in [0.717, 1.165) is 31.0 Å². The molecule has 0 N–H and O–H groups in total. The smallest absolute Gasteiger partial charge is 0.411 e. The second-order valence-electron chi connectivity index (χ2n) is 5.94. The molecule has 0 aromatic carbocycles. The molecule has 0 atom stereocenters. The summed E-state index contributed by atoms with van der Waals surface area (Å²) in [5.41, 5.74) is -0.361. The Kier molecular flexibility index (Phi) is 2.97. The van der Waals surface area contributed by atoms with Crippen LogP contribution >= 0.6 is 15.9 Å². The average Bonchev–Trinajstić information content (AvgIpc) is 2.70. The van der Waals surface area contributed by atoms with Crippen LogP contribution in [0.2, 0.25) is 0 Å². The van der Waals surface area contributed by atoms with Crippen LogP contribution in [0.4, 0.5) is 4.79 Å². The number of rotatable bonds is 1. The van der Waals surface area contributed by atoms with Gasteiger partial charge in [-0.15, -0.1) is 0 Å². The molecule has 2 rings (SSSR count). The maximum absolute atomic E-state index is 12.2. The van der Waals surface area contributed by atoms with Gasteiger partial charge in [-0.25, -0.2) is 4.79 Å². The van der Waals surface area contributed by atoms with Gasteiger partial charge in [0.05, 0.1) is 5.54 Å². The second-order valence-corrected chi connectivity index (χ2v) is 6.50. The number of alkyl halides is 1. The molecule has 0 unspecified atom stereocenters. The fourth-order valence-corrected chi connectivity index (χ4v) is 3.71. The first-order valence-electron chi connectivity index (χ1n) is 5.96. The molecule has 0 aromatic heterocycles. The molecule has 2 bridgehead atoms. The third kappa shape index (κ3) is 1.96. The minimum atomic E-state index is -0.396. The number of fused-ring (bicyclic) bond motifs is 2. The summed E-state index contributed by atoms with van der Waals surface area (Å²) in [6.45, 7) is 5.76. The Morgan fingerprint density at radius 3 is 2.44 bits per heavy atom. The molecule has 2 aliphatic rings. The first-order valence-corrected chi connectivity index (χ1v) is 7.08. The molecule has 0 spiro atoms. The molecule has 2 heterocycles. The standard InChI is InChI=1S/C12H20BrNO2/c1-11(2,3)16-10(15)14-9-4-6-12(14,8-13)7-5-9/h9H,4-8H2,1-3H3. The highest BCUT2D eigenvalue weighted by Gasteiger charge is 2.54. The third-order valence-corrected chi connectivity index (χ3v) is 4.64. The predicted octanol–water partition coefficient (Wildman–Crippen LogP) is 3.31. The van der Waals surface area contributed by atoms with Gasteiger partial charge in [0, 0.05) is 11.4 Å². The van der Waals surface area contributed by atoms with Gasteiger partial charge in [-0.1, -0.05) is 15.9 Å². The Bertz CT molecular complexity index is 290. The summed E-state index contributed by atoms with van der Waals surface area (Å²) in [6, 6.07) is 0.410. The van der Waals surface area contributed by atoms with E-state index >= 15 is 0 Å². The van der Waals surface area contributed by atoms with Crippen LogP contribution in [0.5, 0.6) is 0 Å². The number of carbonyl (C=O) groups excluding carboxylic acids is 1. The Morgan fingerprint density at radius 2 is 2.00 bits per heavy atom. The van der Waals surface area contributed by atoms with E-state index in [0.29, 0.717) is 6.04 Å². The van der Waals surface area contributed by atoms with Crippen LogP contribution in [0, 0.1) is 0 Å². The van der Waals surface area contributed by atoms with Crippen LogP contribution in [-0.2, 0) is 4.74 Å². The molecule has 1 amide bonds. The largest absolute Gasteiger partial charge is 0.444 e. The summed E-state index contributed by atoms with van der Waals surface area (Å²) in [5.74, 6) is 0. The maximum atomic E-state index is 12.2. The molecular weight excluding hydrogens is 270 g/mol. The van der Waals surface area contributed by atoms with Gasteiger partial charge in [0.1, 0.15) is 5.60 Å². The van der Waals surface area contributed by atoms with Gasteiger partial charge in [-0.3, -0.25) is 4.90 Å². The van der Waals surface area contributed by atoms with Crippen LogP contribution in [0.25, 0.3) is 0 Å². The van der Waals surface area contributed by atoms with E-state index in [1.165, 1.54) is 0 Å². The van der Waals surface area contributed by atoms with E-state index in [-0.39, 0.29) is 11.6 Å². The SMILES string of the molecule is CC(C)(C)OC(=O)N1C2CCC1(CBr)CC2. The van der Waals surface area contributed by atoms with Gasteiger partial charge in [0.25, 0.3) is 0 Å². The second kappa shape index (κ2) is 3.90.